The van der Waals surface area contributed by atoms with Crippen molar-refractivity contribution in [3.63, 3.8) is 0 Å². The van der Waals surface area contributed by atoms with Crippen LogP contribution in [0.1, 0.15) is 17.9 Å². The number of carbonyl (C=O) groups excluding carboxylic acids is 1. The molecular weight excluding hydrogens is 208 g/mol. The van der Waals surface area contributed by atoms with Gasteiger partial charge in [-0.2, -0.15) is 0 Å². The summed E-state index contributed by atoms with van der Waals surface area (Å²) in [5.41, 5.74) is 0.919. The van der Waals surface area contributed by atoms with E-state index < -0.39 is 0 Å². The molecule has 0 amide bonds. The smallest absolute Gasteiger partial charge is 0.310 e. The molecule has 1 aliphatic heterocycles. The first-order valence-corrected chi connectivity index (χ1v) is 5.41. The van der Waals surface area contributed by atoms with Gasteiger partial charge in [0.05, 0.1) is 18.7 Å². The molecule has 5 heteroatoms. The van der Waals surface area contributed by atoms with Crippen LogP contribution in [0.4, 0.5) is 0 Å². The third-order valence-corrected chi connectivity index (χ3v) is 2.87. The fraction of sp³-hybridized carbons (Fsp3) is 0.636. The minimum Gasteiger partial charge on any atom is -0.469 e. The Morgan fingerprint density at radius 3 is 3.19 bits per heavy atom. The number of hydrogen-bond donors (Lipinski definition) is 0. The van der Waals surface area contributed by atoms with Gasteiger partial charge in [0.15, 0.2) is 0 Å². The number of nitrogens with zero attached hydrogens (tertiary/aromatic N) is 2. The number of methoxy groups -OCH3 is 1. The predicted molar refractivity (Wildman–Crippen MR) is 56.6 cm³/mol. The van der Waals surface area contributed by atoms with E-state index in [4.69, 9.17) is 9.26 Å². The zero-order valence-corrected chi connectivity index (χ0v) is 9.60. The molecular formula is C11H16N2O3. The largest absolute Gasteiger partial charge is 0.469 e. The second-order valence-electron chi connectivity index (χ2n) is 4.17. The molecule has 0 N–H and O–H groups in total. The van der Waals surface area contributed by atoms with Gasteiger partial charge < -0.3 is 9.26 Å². The standard InChI is InChI=1S/C11H16N2O3/c1-8-5-10(12-16-8)7-13-4-3-9(6-13)11(14)15-2/h5,9H,3-4,6-7H2,1-2H3. The normalized spacial score (nSPS) is 21.2. The Kier molecular flexibility index (Phi) is 3.24. The molecule has 0 aromatic carbocycles. The number of carbonyl (C=O) groups is 1. The Morgan fingerprint density at radius 2 is 2.56 bits per heavy atom. The van der Waals surface area contributed by atoms with Crippen molar-refractivity contribution in [3.8, 4) is 0 Å². The predicted octanol–water partition coefficient (Wildman–Crippen LogP) is 0.978. The summed E-state index contributed by atoms with van der Waals surface area (Å²) in [6.07, 6.45) is 0.865. The molecule has 1 unspecified atom stereocenters. The van der Waals surface area contributed by atoms with E-state index in [-0.39, 0.29) is 11.9 Å². The first-order valence-electron chi connectivity index (χ1n) is 5.41. The fourth-order valence-corrected chi connectivity index (χ4v) is 2.06. The number of esters is 1. The van der Waals surface area contributed by atoms with Crippen LogP contribution in [-0.4, -0.2) is 36.2 Å². The van der Waals surface area contributed by atoms with Crippen molar-refractivity contribution in [1.29, 1.82) is 0 Å². The molecule has 16 heavy (non-hydrogen) atoms. The van der Waals surface area contributed by atoms with Crippen molar-refractivity contribution in [3.05, 3.63) is 17.5 Å². The second kappa shape index (κ2) is 4.65. The van der Waals surface area contributed by atoms with Crippen molar-refractivity contribution in [2.24, 2.45) is 5.92 Å². The number of aryl methyl sites for hydroxylation is 1. The molecule has 0 saturated carbocycles. The summed E-state index contributed by atoms with van der Waals surface area (Å²) in [5.74, 6) is 0.718. The van der Waals surface area contributed by atoms with Crippen LogP contribution in [0.15, 0.2) is 10.6 Å². The lowest BCUT2D eigenvalue weighted by molar-refractivity contribution is -0.144. The van der Waals surface area contributed by atoms with Crippen molar-refractivity contribution >= 4 is 5.97 Å². The van der Waals surface area contributed by atoms with E-state index in [0.717, 1.165) is 37.5 Å². The number of hydrogen-bond acceptors (Lipinski definition) is 5. The van der Waals surface area contributed by atoms with Crippen molar-refractivity contribution < 1.29 is 14.1 Å². The third-order valence-electron chi connectivity index (χ3n) is 2.87. The van der Waals surface area contributed by atoms with E-state index in [9.17, 15) is 4.79 Å². The molecule has 1 fully saturated rings. The highest BCUT2D eigenvalue weighted by Gasteiger charge is 2.29. The monoisotopic (exact) mass is 224 g/mol. The molecule has 0 radical (unpaired) electrons. The molecule has 0 aliphatic carbocycles. The maximum absolute atomic E-state index is 11.3. The zero-order valence-electron chi connectivity index (χ0n) is 9.60. The minimum absolute atomic E-state index is 0.0120. The molecule has 88 valence electrons. The Labute approximate surface area is 94.3 Å². The summed E-state index contributed by atoms with van der Waals surface area (Å²) in [4.78, 5) is 13.5. The van der Waals surface area contributed by atoms with Crippen molar-refractivity contribution in [2.75, 3.05) is 20.2 Å². The number of ether oxygens (including phenoxy) is 1. The van der Waals surface area contributed by atoms with Crippen molar-refractivity contribution in [1.82, 2.24) is 10.1 Å². The number of rotatable bonds is 3. The van der Waals surface area contributed by atoms with Crippen LogP contribution in [0, 0.1) is 12.8 Å². The molecule has 2 rings (SSSR count). The van der Waals surface area contributed by atoms with Crippen LogP contribution in [0.25, 0.3) is 0 Å². The summed E-state index contributed by atoms with van der Waals surface area (Å²) >= 11 is 0. The molecule has 1 aromatic heterocycles. The topological polar surface area (TPSA) is 55.6 Å². The maximum Gasteiger partial charge on any atom is 0.310 e. The fourth-order valence-electron chi connectivity index (χ4n) is 2.06. The molecule has 2 heterocycles. The molecule has 1 atom stereocenters. The number of likely N-dealkylation sites (tertiary alicyclic amines) is 1. The van der Waals surface area contributed by atoms with Crippen LogP contribution in [0.5, 0.6) is 0 Å². The van der Waals surface area contributed by atoms with Gasteiger partial charge in [0.2, 0.25) is 0 Å². The maximum atomic E-state index is 11.3. The zero-order chi connectivity index (χ0) is 11.5. The summed E-state index contributed by atoms with van der Waals surface area (Å²) in [6.45, 7) is 4.27. The van der Waals surface area contributed by atoms with Crippen molar-refractivity contribution in [2.45, 2.75) is 19.9 Å². The average molecular weight is 224 g/mol. The Bertz CT molecular complexity index is 375. The van der Waals surface area contributed by atoms with Crippen LogP contribution in [0.2, 0.25) is 0 Å². The van der Waals surface area contributed by atoms with Crippen LogP contribution < -0.4 is 0 Å². The first kappa shape index (κ1) is 11.1. The highest BCUT2D eigenvalue weighted by atomic mass is 16.5. The number of aromatic nitrogens is 1. The molecule has 0 bridgehead atoms. The SMILES string of the molecule is COC(=O)C1CCN(Cc2cc(C)on2)C1. The summed E-state index contributed by atoms with van der Waals surface area (Å²) < 4.78 is 9.74. The van der Waals surface area contributed by atoms with Gasteiger partial charge in [-0.1, -0.05) is 5.16 Å². The van der Waals surface area contributed by atoms with Gasteiger partial charge in [0, 0.05) is 19.2 Å². The van der Waals surface area contributed by atoms with Gasteiger partial charge in [-0.05, 0) is 19.9 Å². The minimum atomic E-state index is -0.112. The molecule has 1 aromatic rings. The van der Waals surface area contributed by atoms with E-state index in [1.54, 1.807) is 0 Å². The van der Waals surface area contributed by atoms with Crippen LogP contribution in [0.3, 0.4) is 0 Å². The third kappa shape index (κ3) is 2.41. The Morgan fingerprint density at radius 1 is 1.75 bits per heavy atom. The van der Waals surface area contributed by atoms with Gasteiger partial charge in [-0.15, -0.1) is 0 Å². The van der Waals surface area contributed by atoms with E-state index in [1.165, 1.54) is 7.11 Å². The van der Waals surface area contributed by atoms with E-state index in [2.05, 4.69) is 10.1 Å². The molecule has 0 spiro atoms. The lowest BCUT2D eigenvalue weighted by atomic mass is 10.1. The molecule has 1 saturated heterocycles. The summed E-state index contributed by atoms with van der Waals surface area (Å²) in [6, 6.07) is 1.92. The highest BCUT2D eigenvalue weighted by Crippen LogP contribution is 2.19. The van der Waals surface area contributed by atoms with Gasteiger partial charge in [-0.3, -0.25) is 9.69 Å². The van der Waals surface area contributed by atoms with Gasteiger partial charge in [0.25, 0.3) is 0 Å². The molecule has 5 nitrogen and oxygen atoms in total. The summed E-state index contributed by atoms with van der Waals surface area (Å²) in [5, 5.41) is 3.94. The lowest BCUT2D eigenvalue weighted by Crippen LogP contribution is -2.23. The summed E-state index contributed by atoms with van der Waals surface area (Å²) in [7, 11) is 1.44. The van der Waals surface area contributed by atoms with Gasteiger partial charge in [0.1, 0.15) is 5.76 Å². The molecule has 1 aliphatic rings. The van der Waals surface area contributed by atoms with E-state index in [0.29, 0.717) is 0 Å². The van der Waals surface area contributed by atoms with E-state index >= 15 is 0 Å². The van der Waals surface area contributed by atoms with Gasteiger partial charge in [-0.25, -0.2) is 0 Å². The first-order chi connectivity index (χ1) is 7.69. The quantitative estimate of drug-likeness (QED) is 0.716. The Balaban J connectivity index is 1.87. The Hall–Kier alpha value is -1.36. The van der Waals surface area contributed by atoms with Crippen LogP contribution >= 0.6 is 0 Å². The second-order valence-corrected chi connectivity index (χ2v) is 4.17. The highest BCUT2D eigenvalue weighted by molar-refractivity contribution is 5.72. The van der Waals surface area contributed by atoms with Crippen LogP contribution in [-0.2, 0) is 16.1 Å². The lowest BCUT2D eigenvalue weighted by Gasteiger charge is -2.12. The van der Waals surface area contributed by atoms with Gasteiger partial charge >= 0.3 is 5.97 Å². The average Bonchev–Trinajstić information content (AvgIpc) is 2.87. The van der Waals surface area contributed by atoms with E-state index in [1.807, 2.05) is 13.0 Å².